The van der Waals surface area contributed by atoms with Crippen LogP contribution in [0.3, 0.4) is 0 Å². The van der Waals surface area contributed by atoms with Crippen LogP contribution in [-0.4, -0.2) is 40.7 Å². The molecule has 0 unspecified atom stereocenters. The molecule has 10 heteroatoms. The van der Waals surface area contributed by atoms with Crippen LogP contribution in [0.1, 0.15) is 18.4 Å². The van der Waals surface area contributed by atoms with E-state index in [1.165, 1.54) is 35.5 Å². The zero-order valence-corrected chi connectivity index (χ0v) is 20.3. The van der Waals surface area contributed by atoms with Gasteiger partial charge in [-0.1, -0.05) is 41.0 Å². The van der Waals surface area contributed by atoms with Crippen LogP contribution >= 0.6 is 46.3 Å². The van der Waals surface area contributed by atoms with Gasteiger partial charge in [0.2, 0.25) is 5.91 Å². The fraction of sp³-hybridized carbons (Fsp3) is 0.318. The SMILES string of the molecule is O=C(CSc1nc(-c2ccc[n+]([O-])c2)cs1)NC1CCN(Cc2ccc(Cl)c(Cl)c2)CC1. The minimum absolute atomic E-state index is 0.0202. The summed E-state index contributed by atoms with van der Waals surface area (Å²) in [6, 6.07) is 9.47. The number of rotatable bonds is 7. The Labute approximate surface area is 205 Å². The fourth-order valence-electron chi connectivity index (χ4n) is 3.59. The van der Waals surface area contributed by atoms with Crippen molar-refractivity contribution < 1.29 is 9.52 Å². The number of piperidine rings is 1. The summed E-state index contributed by atoms with van der Waals surface area (Å²) in [5, 5.41) is 17.6. The van der Waals surface area contributed by atoms with E-state index in [1.807, 2.05) is 29.6 Å². The molecule has 6 nitrogen and oxygen atoms in total. The largest absolute Gasteiger partial charge is 0.619 e. The van der Waals surface area contributed by atoms with Gasteiger partial charge >= 0.3 is 0 Å². The highest BCUT2D eigenvalue weighted by Gasteiger charge is 2.21. The third-order valence-corrected chi connectivity index (χ3v) is 7.98. The Bertz CT molecular complexity index is 1090. The van der Waals surface area contributed by atoms with Crippen molar-refractivity contribution in [2.45, 2.75) is 29.8 Å². The van der Waals surface area contributed by atoms with E-state index in [0.29, 0.717) is 15.8 Å². The Morgan fingerprint density at radius 2 is 2.09 bits per heavy atom. The molecule has 0 atom stereocenters. The van der Waals surface area contributed by atoms with E-state index >= 15 is 0 Å². The average Bonchev–Trinajstić information content (AvgIpc) is 3.26. The maximum absolute atomic E-state index is 12.4. The molecule has 0 radical (unpaired) electrons. The predicted molar refractivity (Wildman–Crippen MR) is 130 cm³/mol. The number of benzene rings is 1. The van der Waals surface area contributed by atoms with E-state index in [4.69, 9.17) is 23.2 Å². The molecule has 1 aliphatic heterocycles. The van der Waals surface area contributed by atoms with Crippen molar-refractivity contribution in [2.75, 3.05) is 18.8 Å². The predicted octanol–water partition coefficient (Wildman–Crippen LogP) is 4.62. The van der Waals surface area contributed by atoms with Gasteiger partial charge in [-0.25, -0.2) is 4.98 Å². The lowest BCUT2D eigenvalue weighted by molar-refractivity contribution is -0.604. The zero-order valence-electron chi connectivity index (χ0n) is 17.2. The van der Waals surface area contributed by atoms with Crippen LogP contribution in [-0.2, 0) is 11.3 Å². The average molecular weight is 509 g/mol. The maximum atomic E-state index is 12.4. The highest BCUT2D eigenvalue weighted by Crippen LogP contribution is 2.28. The quantitative estimate of drug-likeness (QED) is 0.286. The number of nitrogens with zero attached hydrogens (tertiary/aromatic N) is 3. The summed E-state index contributed by atoms with van der Waals surface area (Å²) in [5.41, 5.74) is 2.65. The number of halogens is 2. The molecule has 4 rings (SSSR count). The van der Waals surface area contributed by atoms with Gasteiger partial charge in [0.1, 0.15) is 0 Å². The molecule has 1 saturated heterocycles. The Morgan fingerprint density at radius 3 is 2.84 bits per heavy atom. The first kappa shape index (κ1) is 23.3. The van der Waals surface area contributed by atoms with Crippen molar-refractivity contribution in [3.05, 3.63) is 68.9 Å². The standard InChI is InChI=1S/C22H22Cl2N4O2S2/c23-18-4-3-15(10-19(18)24)11-27-8-5-17(6-9-27)25-21(29)14-32-22-26-20(13-31-22)16-2-1-7-28(30)12-16/h1-4,7,10,12-13,17H,5-6,8-9,11,14H2,(H,25,29). The second-order valence-electron chi connectivity index (χ2n) is 7.61. The monoisotopic (exact) mass is 508 g/mol. The lowest BCUT2D eigenvalue weighted by Gasteiger charge is -2.32. The number of hydrogen-bond acceptors (Lipinski definition) is 6. The summed E-state index contributed by atoms with van der Waals surface area (Å²) in [4.78, 5) is 19.3. The van der Waals surface area contributed by atoms with Crippen LogP contribution in [0.5, 0.6) is 0 Å². The molecular formula is C22H22Cl2N4O2S2. The first-order chi connectivity index (χ1) is 15.5. The topological polar surface area (TPSA) is 72.2 Å². The number of pyridine rings is 1. The Kier molecular flexibility index (Phi) is 7.91. The smallest absolute Gasteiger partial charge is 0.230 e. The molecular weight excluding hydrogens is 487 g/mol. The Hall–Kier alpha value is -1.84. The highest BCUT2D eigenvalue weighted by molar-refractivity contribution is 8.01. The van der Waals surface area contributed by atoms with Crippen molar-refractivity contribution in [1.29, 1.82) is 0 Å². The molecule has 1 amide bonds. The first-order valence-corrected chi connectivity index (χ1v) is 12.8. The molecule has 3 heterocycles. The Morgan fingerprint density at radius 1 is 1.28 bits per heavy atom. The van der Waals surface area contributed by atoms with Crippen LogP contribution < -0.4 is 10.0 Å². The summed E-state index contributed by atoms with van der Waals surface area (Å²) < 4.78 is 1.57. The number of nitrogens with one attached hydrogen (secondary N) is 1. The number of thiazole rings is 1. The lowest BCUT2D eigenvalue weighted by atomic mass is 10.0. The van der Waals surface area contributed by atoms with Crippen molar-refractivity contribution in [1.82, 2.24) is 15.2 Å². The molecule has 168 valence electrons. The zero-order chi connectivity index (χ0) is 22.5. The molecule has 1 aliphatic rings. The fourth-order valence-corrected chi connectivity index (χ4v) is 5.56. The number of aromatic nitrogens is 2. The molecule has 0 saturated carbocycles. The van der Waals surface area contributed by atoms with Crippen LogP contribution in [0.25, 0.3) is 11.3 Å². The summed E-state index contributed by atoms with van der Waals surface area (Å²) in [5.74, 6) is 0.346. The van der Waals surface area contributed by atoms with Crippen molar-refractivity contribution in [2.24, 2.45) is 0 Å². The van der Waals surface area contributed by atoms with Gasteiger partial charge in [0.25, 0.3) is 0 Å². The number of likely N-dealkylation sites (tertiary alicyclic amines) is 1. The van der Waals surface area contributed by atoms with Crippen LogP contribution in [0.2, 0.25) is 10.0 Å². The number of amides is 1. The van der Waals surface area contributed by atoms with E-state index in [-0.39, 0.29) is 11.9 Å². The van der Waals surface area contributed by atoms with Crippen molar-refractivity contribution in [3.63, 3.8) is 0 Å². The second kappa shape index (κ2) is 10.9. The minimum Gasteiger partial charge on any atom is -0.619 e. The van der Waals surface area contributed by atoms with Gasteiger partial charge in [0, 0.05) is 37.1 Å². The van der Waals surface area contributed by atoms with Gasteiger partial charge in [-0.05, 0) is 36.6 Å². The molecule has 1 aromatic carbocycles. The molecule has 0 spiro atoms. The van der Waals surface area contributed by atoms with Crippen molar-refractivity contribution >= 4 is 52.2 Å². The molecule has 0 aliphatic carbocycles. The van der Waals surface area contributed by atoms with Gasteiger partial charge in [-0.15, -0.1) is 11.3 Å². The second-order valence-corrected chi connectivity index (χ2v) is 10.5. The van der Waals surface area contributed by atoms with E-state index in [2.05, 4.69) is 15.2 Å². The van der Waals surface area contributed by atoms with E-state index < -0.39 is 0 Å². The number of carbonyl (C=O) groups is 1. The molecule has 3 aromatic rings. The van der Waals surface area contributed by atoms with Gasteiger partial charge < -0.3 is 10.5 Å². The highest BCUT2D eigenvalue weighted by atomic mass is 35.5. The lowest BCUT2D eigenvalue weighted by Crippen LogP contribution is -2.44. The molecule has 1 N–H and O–H groups in total. The number of carbonyl (C=O) groups excluding carboxylic acids is 1. The van der Waals surface area contributed by atoms with Gasteiger partial charge in [-0.2, -0.15) is 4.73 Å². The molecule has 1 fully saturated rings. The van der Waals surface area contributed by atoms with E-state index in [9.17, 15) is 10.0 Å². The van der Waals surface area contributed by atoms with Gasteiger partial charge in [-0.3, -0.25) is 9.69 Å². The van der Waals surface area contributed by atoms with E-state index in [0.717, 1.165) is 58.4 Å². The molecule has 32 heavy (non-hydrogen) atoms. The Balaban J connectivity index is 1.20. The summed E-state index contributed by atoms with van der Waals surface area (Å²) >= 11 is 15.0. The van der Waals surface area contributed by atoms with Crippen LogP contribution in [0.4, 0.5) is 0 Å². The van der Waals surface area contributed by atoms with Crippen molar-refractivity contribution in [3.8, 4) is 11.3 Å². The number of hydrogen-bond donors (Lipinski definition) is 1. The summed E-state index contributed by atoms with van der Waals surface area (Å²) in [6.45, 7) is 2.67. The van der Waals surface area contributed by atoms with Crippen LogP contribution in [0.15, 0.2) is 52.4 Å². The van der Waals surface area contributed by atoms with Gasteiger partial charge in [0.05, 0.1) is 27.1 Å². The first-order valence-electron chi connectivity index (χ1n) is 10.2. The number of thioether (sulfide) groups is 1. The summed E-state index contributed by atoms with van der Waals surface area (Å²) in [7, 11) is 0. The normalized spacial score (nSPS) is 15.1. The summed E-state index contributed by atoms with van der Waals surface area (Å²) in [6.07, 6.45) is 4.77. The maximum Gasteiger partial charge on any atom is 0.230 e. The van der Waals surface area contributed by atoms with Crippen LogP contribution in [0, 0.1) is 5.21 Å². The molecule has 2 aromatic heterocycles. The third kappa shape index (κ3) is 6.36. The minimum atomic E-state index is 0.0202. The van der Waals surface area contributed by atoms with E-state index in [1.54, 1.807) is 6.07 Å². The third-order valence-electron chi connectivity index (χ3n) is 5.22. The van der Waals surface area contributed by atoms with Gasteiger partial charge in [0.15, 0.2) is 16.7 Å². The molecule has 0 bridgehead atoms.